The van der Waals surface area contributed by atoms with Crippen molar-refractivity contribution in [2.75, 3.05) is 14.2 Å². The first-order valence-corrected chi connectivity index (χ1v) is 13.3. The number of carbonyl (C=O) groups is 2. The standard InChI is InChI=1S/C28H54N2O6/c1-17(33-13)15-19(3)35-23(31)29-21-25(5,6)22(27(9,10)28(11,12)26(21,7)8)30-24(32)36-20(4)16-18(2)34-14/h17-22H,15-16H2,1-14H3,(H,29,31)(H,30,32). The van der Waals surface area contributed by atoms with Gasteiger partial charge in [0.25, 0.3) is 0 Å². The number of hydrogen-bond donors (Lipinski definition) is 2. The highest BCUT2D eigenvalue weighted by Crippen LogP contribution is 2.64. The average Bonchev–Trinajstić information content (AvgIpc) is 2.73. The Labute approximate surface area is 219 Å². The number of amides is 2. The molecule has 0 spiro atoms. The molecule has 2 N–H and O–H groups in total. The number of rotatable bonds is 10. The van der Waals surface area contributed by atoms with Crippen molar-refractivity contribution in [2.45, 2.75) is 132 Å². The van der Waals surface area contributed by atoms with Gasteiger partial charge in [-0.05, 0) is 43.9 Å². The Bertz CT molecular complexity index is 690. The largest absolute Gasteiger partial charge is 0.446 e. The number of methoxy groups -OCH3 is 2. The normalized spacial score (nSPS) is 27.2. The van der Waals surface area contributed by atoms with Crippen LogP contribution >= 0.6 is 0 Å². The first kappa shape index (κ1) is 32.5. The van der Waals surface area contributed by atoms with Gasteiger partial charge >= 0.3 is 12.2 Å². The van der Waals surface area contributed by atoms with Crippen molar-refractivity contribution in [1.29, 1.82) is 0 Å². The first-order chi connectivity index (χ1) is 16.2. The lowest BCUT2D eigenvalue weighted by atomic mass is 9.40. The summed E-state index contributed by atoms with van der Waals surface area (Å²) >= 11 is 0. The van der Waals surface area contributed by atoms with Crippen LogP contribution in [0.5, 0.6) is 0 Å². The number of nitrogens with one attached hydrogen (secondary N) is 2. The predicted octanol–water partition coefficient (Wildman–Crippen LogP) is 5.92. The van der Waals surface area contributed by atoms with E-state index in [4.69, 9.17) is 18.9 Å². The zero-order chi connectivity index (χ0) is 28.3. The fourth-order valence-electron chi connectivity index (χ4n) is 6.20. The minimum atomic E-state index is -0.521. The van der Waals surface area contributed by atoms with E-state index in [1.165, 1.54) is 0 Å². The molecule has 1 aliphatic rings. The summed E-state index contributed by atoms with van der Waals surface area (Å²) in [5.74, 6) is 0. The maximum atomic E-state index is 13.0. The lowest BCUT2D eigenvalue weighted by Crippen LogP contribution is -2.75. The molecule has 212 valence electrons. The topological polar surface area (TPSA) is 95.1 Å². The van der Waals surface area contributed by atoms with Crippen molar-refractivity contribution in [3.8, 4) is 0 Å². The quantitative estimate of drug-likeness (QED) is 0.376. The van der Waals surface area contributed by atoms with Crippen molar-refractivity contribution in [2.24, 2.45) is 21.7 Å². The molecule has 0 saturated heterocycles. The van der Waals surface area contributed by atoms with E-state index in [0.717, 1.165) is 0 Å². The molecule has 0 bridgehead atoms. The minimum Gasteiger partial charge on any atom is -0.446 e. The van der Waals surface area contributed by atoms with Gasteiger partial charge in [0, 0.05) is 44.6 Å². The van der Waals surface area contributed by atoms with E-state index in [2.05, 4.69) is 66.0 Å². The van der Waals surface area contributed by atoms with E-state index in [1.807, 2.05) is 27.7 Å². The lowest BCUT2D eigenvalue weighted by Gasteiger charge is -2.68. The van der Waals surface area contributed by atoms with Crippen LogP contribution in [-0.4, -0.2) is 62.9 Å². The maximum Gasteiger partial charge on any atom is 0.407 e. The molecule has 0 heterocycles. The molecule has 8 nitrogen and oxygen atoms in total. The molecule has 36 heavy (non-hydrogen) atoms. The van der Waals surface area contributed by atoms with Gasteiger partial charge in [0.1, 0.15) is 12.2 Å². The summed E-state index contributed by atoms with van der Waals surface area (Å²) in [4.78, 5) is 26.1. The van der Waals surface area contributed by atoms with Crippen molar-refractivity contribution in [3.05, 3.63) is 0 Å². The summed E-state index contributed by atoms with van der Waals surface area (Å²) in [5.41, 5.74) is -1.46. The van der Waals surface area contributed by atoms with Crippen LogP contribution in [0.4, 0.5) is 9.59 Å². The summed E-state index contributed by atoms with van der Waals surface area (Å²) in [6.45, 7) is 24.9. The molecule has 6 atom stereocenters. The third-order valence-electron chi connectivity index (χ3n) is 9.43. The predicted molar refractivity (Wildman–Crippen MR) is 143 cm³/mol. The van der Waals surface area contributed by atoms with Gasteiger partial charge in [-0.15, -0.1) is 0 Å². The molecule has 0 aromatic heterocycles. The second-order valence-electron chi connectivity index (χ2n) is 13.0. The second kappa shape index (κ2) is 11.9. The highest BCUT2D eigenvalue weighted by atomic mass is 16.6. The third kappa shape index (κ3) is 6.85. The van der Waals surface area contributed by atoms with Gasteiger partial charge in [-0.1, -0.05) is 55.4 Å². The Kier molecular flexibility index (Phi) is 10.7. The minimum absolute atomic E-state index is 0.0102. The van der Waals surface area contributed by atoms with Crippen LogP contribution in [0.15, 0.2) is 0 Å². The second-order valence-corrected chi connectivity index (χ2v) is 13.0. The van der Waals surface area contributed by atoms with Gasteiger partial charge in [0.2, 0.25) is 0 Å². The Morgan fingerprint density at radius 1 is 0.639 bits per heavy atom. The van der Waals surface area contributed by atoms with Crippen LogP contribution in [-0.2, 0) is 18.9 Å². The van der Waals surface area contributed by atoms with Gasteiger partial charge in [0.05, 0.1) is 12.2 Å². The van der Waals surface area contributed by atoms with Crippen molar-refractivity contribution in [3.63, 3.8) is 0 Å². The van der Waals surface area contributed by atoms with Crippen molar-refractivity contribution < 1.29 is 28.5 Å². The molecular weight excluding hydrogens is 460 g/mol. The zero-order valence-corrected chi connectivity index (χ0v) is 25.3. The van der Waals surface area contributed by atoms with E-state index < -0.39 is 17.6 Å². The molecule has 1 fully saturated rings. The molecule has 8 heteroatoms. The Balaban J connectivity index is 3.21. The van der Waals surface area contributed by atoms with Crippen LogP contribution in [0.1, 0.15) is 95.9 Å². The number of carbonyl (C=O) groups excluding carboxylic acids is 2. The average molecular weight is 515 g/mol. The summed E-state index contributed by atoms with van der Waals surface area (Å²) in [6.07, 6.45) is -0.316. The smallest absolute Gasteiger partial charge is 0.407 e. The molecule has 0 aromatic rings. The van der Waals surface area contributed by atoms with Crippen LogP contribution in [0.3, 0.4) is 0 Å². The monoisotopic (exact) mass is 514 g/mol. The fraction of sp³-hybridized carbons (Fsp3) is 0.929. The lowest BCUT2D eigenvalue weighted by molar-refractivity contribution is -0.162. The molecule has 6 unspecified atom stereocenters. The molecule has 0 aliphatic heterocycles. The summed E-state index contributed by atoms with van der Waals surface area (Å²) in [6, 6.07) is -0.576. The fourth-order valence-corrected chi connectivity index (χ4v) is 6.20. The molecule has 1 aliphatic carbocycles. The number of ether oxygens (including phenoxy) is 4. The zero-order valence-electron chi connectivity index (χ0n) is 25.3. The van der Waals surface area contributed by atoms with E-state index in [1.54, 1.807) is 14.2 Å². The van der Waals surface area contributed by atoms with Crippen LogP contribution in [0, 0.1) is 21.7 Å². The van der Waals surface area contributed by atoms with Gasteiger partial charge in [0.15, 0.2) is 0 Å². The van der Waals surface area contributed by atoms with E-state index in [-0.39, 0.29) is 52.7 Å². The molecule has 0 radical (unpaired) electrons. The molecule has 0 aromatic carbocycles. The van der Waals surface area contributed by atoms with Crippen molar-refractivity contribution >= 4 is 12.2 Å². The van der Waals surface area contributed by atoms with Gasteiger partial charge in [-0.3, -0.25) is 0 Å². The Morgan fingerprint density at radius 2 is 0.944 bits per heavy atom. The van der Waals surface area contributed by atoms with Crippen LogP contribution in [0.2, 0.25) is 0 Å². The molecule has 1 saturated carbocycles. The number of hydrogen-bond acceptors (Lipinski definition) is 6. The summed E-state index contributed by atoms with van der Waals surface area (Å²) < 4.78 is 22.0. The molecule has 1 rings (SSSR count). The highest BCUT2D eigenvalue weighted by molar-refractivity contribution is 5.69. The first-order valence-electron chi connectivity index (χ1n) is 13.3. The Hall–Kier alpha value is -1.54. The Morgan fingerprint density at radius 3 is 1.22 bits per heavy atom. The van der Waals surface area contributed by atoms with Crippen LogP contribution in [0.25, 0.3) is 0 Å². The highest BCUT2D eigenvalue weighted by Gasteiger charge is 2.66. The maximum absolute atomic E-state index is 13.0. The third-order valence-corrected chi connectivity index (χ3v) is 9.43. The van der Waals surface area contributed by atoms with Crippen molar-refractivity contribution in [1.82, 2.24) is 10.6 Å². The van der Waals surface area contributed by atoms with Gasteiger partial charge in [-0.25, -0.2) is 9.59 Å². The SMILES string of the molecule is COC(C)CC(C)OC(=O)NC1C(C)(C)C(NC(=O)OC(C)CC(C)OC)C(C)(C)C(C)(C)C1(C)C. The molecule has 2 amide bonds. The number of alkyl carbamates (subject to hydrolysis) is 2. The molecular formula is C28H54N2O6. The van der Waals surface area contributed by atoms with Gasteiger partial charge < -0.3 is 29.6 Å². The van der Waals surface area contributed by atoms with E-state index >= 15 is 0 Å². The van der Waals surface area contributed by atoms with Gasteiger partial charge in [-0.2, -0.15) is 0 Å². The van der Waals surface area contributed by atoms with Crippen LogP contribution < -0.4 is 10.6 Å². The summed E-state index contributed by atoms with van der Waals surface area (Å²) in [5, 5.41) is 6.36. The van der Waals surface area contributed by atoms with E-state index in [9.17, 15) is 9.59 Å². The summed E-state index contributed by atoms with van der Waals surface area (Å²) in [7, 11) is 3.29. The van der Waals surface area contributed by atoms with E-state index in [0.29, 0.717) is 12.8 Å².